The first-order valence-electron chi connectivity index (χ1n) is 5.21. The highest BCUT2D eigenvalue weighted by atomic mass is 79.9. The molecule has 0 aliphatic rings. The van der Waals surface area contributed by atoms with Crippen LogP contribution in [0.5, 0.6) is 0 Å². The average Bonchev–Trinajstić information content (AvgIpc) is 2.74. The summed E-state index contributed by atoms with van der Waals surface area (Å²) in [7, 11) is 1.61. The molecule has 0 saturated heterocycles. The van der Waals surface area contributed by atoms with Crippen LogP contribution >= 0.6 is 15.9 Å². The summed E-state index contributed by atoms with van der Waals surface area (Å²) in [4.78, 5) is 12.0. The number of amides is 1. The fourth-order valence-electron chi connectivity index (χ4n) is 1.48. The fourth-order valence-corrected chi connectivity index (χ4v) is 1.86. The molecule has 0 saturated carbocycles. The van der Waals surface area contributed by atoms with Crippen molar-refractivity contribution < 1.29 is 9.18 Å². The standard InChI is InChI=1S/C12H8BrFN4O/c1-18-11(8(5-15)6-16-18)17-12(19)7-2-3-10(14)9(13)4-7/h2-4,6H,1H3,(H,17,19). The molecule has 19 heavy (non-hydrogen) atoms. The summed E-state index contributed by atoms with van der Waals surface area (Å²) in [5.41, 5.74) is 0.537. The molecule has 0 fully saturated rings. The van der Waals surface area contributed by atoms with Crippen molar-refractivity contribution in [2.45, 2.75) is 0 Å². The third kappa shape index (κ3) is 2.63. The Bertz CT molecular complexity index is 690. The van der Waals surface area contributed by atoms with Crippen LogP contribution in [0.15, 0.2) is 28.9 Å². The zero-order valence-corrected chi connectivity index (χ0v) is 11.4. The molecular weight excluding hydrogens is 315 g/mol. The summed E-state index contributed by atoms with van der Waals surface area (Å²) in [6.07, 6.45) is 1.36. The quantitative estimate of drug-likeness (QED) is 0.923. The smallest absolute Gasteiger partial charge is 0.256 e. The summed E-state index contributed by atoms with van der Waals surface area (Å²) in [6, 6.07) is 5.84. The van der Waals surface area contributed by atoms with Gasteiger partial charge < -0.3 is 5.32 Å². The molecule has 0 atom stereocenters. The van der Waals surface area contributed by atoms with E-state index in [4.69, 9.17) is 5.26 Å². The molecule has 0 radical (unpaired) electrons. The molecule has 96 valence electrons. The van der Waals surface area contributed by atoms with E-state index in [1.165, 1.54) is 29.1 Å². The second kappa shape index (κ2) is 5.20. The third-order valence-corrected chi connectivity index (χ3v) is 3.08. The number of hydrogen-bond acceptors (Lipinski definition) is 3. The van der Waals surface area contributed by atoms with Crippen LogP contribution in [0.4, 0.5) is 10.2 Å². The number of benzene rings is 1. The predicted molar refractivity (Wildman–Crippen MR) is 70.0 cm³/mol. The molecule has 0 unspecified atom stereocenters. The number of halogens is 2. The van der Waals surface area contributed by atoms with Crippen LogP contribution in [0.3, 0.4) is 0 Å². The highest BCUT2D eigenvalue weighted by molar-refractivity contribution is 9.10. The van der Waals surface area contributed by atoms with Crippen molar-refractivity contribution in [2.24, 2.45) is 7.05 Å². The molecule has 0 aliphatic heterocycles. The Hall–Kier alpha value is -2.20. The van der Waals surface area contributed by atoms with Gasteiger partial charge in [0.2, 0.25) is 0 Å². The second-order valence-corrected chi connectivity index (χ2v) is 4.58. The van der Waals surface area contributed by atoms with E-state index < -0.39 is 11.7 Å². The maximum atomic E-state index is 13.1. The number of anilines is 1. The van der Waals surface area contributed by atoms with Crippen LogP contribution < -0.4 is 5.32 Å². The van der Waals surface area contributed by atoms with Gasteiger partial charge in [-0.25, -0.2) is 4.39 Å². The Labute approximate surface area is 116 Å². The van der Waals surface area contributed by atoms with Gasteiger partial charge in [0.05, 0.1) is 10.7 Å². The maximum absolute atomic E-state index is 13.1. The number of aromatic nitrogens is 2. The lowest BCUT2D eigenvalue weighted by Gasteiger charge is -2.06. The van der Waals surface area contributed by atoms with Gasteiger partial charge in [-0.2, -0.15) is 10.4 Å². The lowest BCUT2D eigenvalue weighted by molar-refractivity contribution is 0.102. The van der Waals surface area contributed by atoms with Gasteiger partial charge in [0, 0.05) is 12.6 Å². The minimum atomic E-state index is -0.449. The monoisotopic (exact) mass is 322 g/mol. The zero-order valence-electron chi connectivity index (χ0n) is 9.82. The van der Waals surface area contributed by atoms with Gasteiger partial charge in [-0.05, 0) is 34.1 Å². The van der Waals surface area contributed by atoms with Crippen molar-refractivity contribution in [3.8, 4) is 6.07 Å². The Kier molecular flexibility index (Phi) is 3.62. The van der Waals surface area contributed by atoms with Gasteiger partial charge >= 0.3 is 0 Å². The molecule has 0 aliphatic carbocycles. The van der Waals surface area contributed by atoms with E-state index in [1.54, 1.807) is 7.05 Å². The summed E-state index contributed by atoms with van der Waals surface area (Å²) in [5, 5.41) is 15.3. The highest BCUT2D eigenvalue weighted by Crippen LogP contribution is 2.19. The first kappa shape index (κ1) is 13.2. The molecule has 2 rings (SSSR count). The van der Waals surface area contributed by atoms with Gasteiger partial charge in [0.15, 0.2) is 0 Å². The van der Waals surface area contributed by atoms with Crippen molar-refractivity contribution in [3.05, 3.63) is 45.8 Å². The van der Waals surface area contributed by atoms with Gasteiger partial charge in [0.25, 0.3) is 5.91 Å². The molecular formula is C12H8BrFN4O. The largest absolute Gasteiger partial charge is 0.306 e. The van der Waals surface area contributed by atoms with E-state index in [1.807, 2.05) is 6.07 Å². The molecule has 2 aromatic rings. The van der Waals surface area contributed by atoms with Crippen molar-refractivity contribution >= 4 is 27.7 Å². The number of nitrogens with one attached hydrogen (secondary N) is 1. The van der Waals surface area contributed by atoms with E-state index >= 15 is 0 Å². The van der Waals surface area contributed by atoms with Crippen LogP contribution in [0.1, 0.15) is 15.9 Å². The number of rotatable bonds is 2. The van der Waals surface area contributed by atoms with Crippen molar-refractivity contribution in [3.63, 3.8) is 0 Å². The summed E-state index contributed by atoms with van der Waals surface area (Å²) < 4.78 is 14.7. The summed E-state index contributed by atoms with van der Waals surface area (Å²) in [6.45, 7) is 0. The van der Waals surface area contributed by atoms with Crippen LogP contribution in [0.25, 0.3) is 0 Å². The van der Waals surface area contributed by atoms with E-state index in [0.29, 0.717) is 5.82 Å². The highest BCUT2D eigenvalue weighted by Gasteiger charge is 2.14. The Morgan fingerprint density at radius 2 is 2.32 bits per heavy atom. The summed E-state index contributed by atoms with van der Waals surface area (Å²) in [5.74, 6) is -0.594. The minimum Gasteiger partial charge on any atom is -0.306 e. The normalized spacial score (nSPS) is 10.0. The van der Waals surface area contributed by atoms with Gasteiger partial charge in [-0.1, -0.05) is 0 Å². The molecule has 1 aromatic heterocycles. The third-order valence-electron chi connectivity index (χ3n) is 2.47. The molecule has 1 N–H and O–H groups in total. The van der Waals surface area contributed by atoms with Crippen LogP contribution in [0, 0.1) is 17.1 Å². The SMILES string of the molecule is Cn1ncc(C#N)c1NC(=O)c1ccc(F)c(Br)c1. The van der Waals surface area contributed by atoms with Crippen molar-refractivity contribution in [1.29, 1.82) is 5.26 Å². The van der Waals surface area contributed by atoms with E-state index in [-0.39, 0.29) is 15.6 Å². The second-order valence-electron chi connectivity index (χ2n) is 3.73. The topological polar surface area (TPSA) is 70.7 Å². The van der Waals surface area contributed by atoms with E-state index in [2.05, 4.69) is 26.3 Å². The van der Waals surface area contributed by atoms with Crippen LogP contribution in [0.2, 0.25) is 0 Å². The summed E-state index contributed by atoms with van der Waals surface area (Å²) >= 11 is 3.01. The Balaban J connectivity index is 2.28. The van der Waals surface area contributed by atoms with Crippen LogP contribution in [-0.4, -0.2) is 15.7 Å². The predicted octanol–water partition coefficient (Wildman–Crippen LogP) is 2.45. The lowest BCUT2D eigenvalue weighted by Crippen LogP contribution is -2.15. The maximum Gasteiger partial charge on any atom is 0.256 e. The average molecular weight is 323 g/mol. The fraction of sp³-hybridized carbons (Fsp3) is 0.0833. The minimum absolute atomic E-state index is 0.200. The number of hydrogen-bond donors (Lipinski definition) is 1. The van der Waals surface area contributed by atoms with Crippen LogP contribution in [-0.2, 0) is 7.05 Å². The van der Waals surface area contributed by atoms with Crippen molar-refractivity contribution in [1.82, 2.24) is 9.78 Å². The lowest BCUT2D eigenvalue weighted by atomic mass is 10.2. The molecule has 1 amide bonds. The molecule has 7 heteroatoms. The Morgan fingerprint density at radius 1 is 1.58 bits per heavy atom. The number of nitrogens with zero attached hydrogens (tertiary/aromatic N) is 3. The van der Waals surface area contributed by atoms with Gasteiger partial charge in [-0.15, -0.1) is 0 Å². The molecule has 5 nitrogen and oxygen atoms in total. The number of aryl methyl sites for hydroxylation is 1. The first-order chi connectivity index (χ1) is 9.02. The molecule has 1 heterocycles. The molecule has 0 bridgehead atoms. The van der Waals surface area contributed by atoms with Crippen molar-refractivity contribution in [2.75, 3.05) is 5.32 Å². The number of carbonyl (C=O) groups excluding carboxylic acids is 1. The number of nitriles is 1. The van der Waals surface area contributed by atoms with E-state index in [0.717, 1.165) is 0 Å². The Morgan fingerprint density at radius 3 is 2.95 bits per heavy atom. The molecule has 0 spiro atoms. The van der Waals surface area contributed by atoms with Gasteiger partial charge in [0.1, 0.15) is 23.3 Å². The molecule has 1 aromatic carbocycles. The van der Waals surface area contributed by atoms with Gasteiger partial charge in [-0.3, -0.25) is 9.48 Å². The van der Waals surface area contributed by atoms with E-state index in [9.17, 15) is 9.18 Å². The number of carbonyl (C=O) groups is 1. The zero-order chi connectivity index (χ0) is 14.0. The first-order valence-corrected chi connectivity index (χ1v) is 6.00.